The highest BCUT2D eigenvalue weighted by atomic mass is 16.2. The molecule has 2 heterocycles. The third-order valence-electron chi connectivity index (χ3n) is 3.15. The average molecular weight is 216 g/mol. The zero-order valence-electron chi connectivity index (χ0n) is 9.52. The van der Waals surface area contributed by atoms with Crippen LogP contribution in [0, 0.1) is 0 Å². The number of carbonyl (C=O) groups excluding carboxylic acids is 1. The van der Waals surface area contributed by atoms with Crippen molar-refractivity contribution in [3.05, 3.63) is 36.2 Å². The van der Waals surface area contributed by atoms with Gasteiger partial charge in [0.1, 0.15) is 0 Å². The Bertz CT molecular complexity index is 397. The van der Waals surface area contributed by atoms with Gasteiger partial charge in [0.25, 0.3) is 0 Å². The van der Waals surface area contributed by atoms with E-state index >= 15 is 0 Å². The maximum absolute atomic E-state index is 11.6. The lowest BCUT2D eigenvalue weighted by Crippen LogP contribution is -2.34. The van der Waals surface area contributed by atoms with Gasteiger partial charge in [-0.05, 0) is 30.0 Å². The van der Waals surface area contributed by atoms with Gasteiger partial charge in [-0.15, -0.1) is 0 Å². The minimum atomic E-state index is 0.226. The van der Waals surface area contributed by atoms with E-state index in [0.717, 1.165) is 24.2 Å². The topological polar surface area (TPSA) is 33.2 Å². The van der Waals surface area contributed by atoms with Gasteiger partial charge in [-0.3, -0.25) is 9.78 Å². The first-order valence-electron chi connectivity index (χ1n) is 5.53. The highest BCUT2D eigenvalue weighted by molar-refractivity contribution is 5.77. The number of nitrogens with zero attached hydrogens (tertiary/aromatic N) is 2. The summed E-state index contributed by atoms with van der Waals surface area (Å²) in [6.45, 7) is 4.51. The van der Waals surface area contributed by atoms with Gasteiger partial charge < -0.3 is 4.90 Å². The van der Waals surface area contributed by atoms with Crippen LogP contribution in [0.4, 0.5) is 0 Å². The summed E-state index contributed by atoms with van der Waals surface area (Å²) >= 11 is 0. The number of piperidine rings is 1. The van der Waals surface area contributed by atoms with Crippen molar-refractivity contribution in [2.75, 3.05) is 13.6 Å². The lowest BCUT2D eigenvalue weighted by Gasteiger charge is -2.28. The van der Waals surface area contributed by atoms with E-state index in [9.17, 15) is 4.79 Å². The molecule has 0 unspecified atom stereocenters. The molecule has 2 rings (SSSR count). The maximum Gasteiger partial charge on any atom is 0.222 e. The Morgan fingerprint density at radius 1 is 1.56 bits per heavy atom. The van der Waals surface area contributed by atoms with Gasteiger partial charge in [0, 0.05) is 26.2 Å². The van der Waals surface area contributed by atoms with Gasteiger partial charge in [0.05, 0.1) is 5.69 Å². The van der Waals surface area contributed by atoms with Crippen molar-refractivity contribution in [2.24, 2.45) is 0 Å². The summed E-state index contributed by atoms with van der Waals surface area (Å²) in [5.74, 6) is 0.555. The molecule has 0 saturated carbocycles. The Morgan fingerprint density at radius 3 is 2.94 bits per heavy atom. The molecule has 0 N–H and O–H groups in total. The smallest absolute Gasteiger partial charge is 0.222 e. The van der Waals surface area contributed by atoms with Gasteiger partial charge >= 0.3 is 0 Å². The summed E-state index contributed by atoms with van der Waals surface area (Å²) in [7, 11) is 1.86. The summed E-state index contributed by atoms with van der Waals surface area (Å²) in [6, 6.07) is 4.00. The summed E-state index contributed by atoms with van der Waals surface area (Å²) in [5, 5.41) is 0. The fourth-order valence-electron chi connectivity index (χ4n) is 2.01. The molecule has 1 aliphatic heterocycles. The number of amides is 1. The first kappa shape index (κ1) is 10.9. The van der Waals surface area contributed by atoms with Gasteiger partial charge in [-0.2, -0.15) is 0 Å². The molecule has 84 valence electrons. The first-order valence-corrected chi connectivity index (χ1v) is 5.53. The molecule has 1 atom stereocenters. The molecule has 0 aromatic carbocycles. The van der Waals surface area contributed by atoms with Crippen LogP contribution >= 0.6 is 0 Å². The number of hydrogen-bond donors (Lipinski definition) is 0. The van der Waals surface area contributed by atoms with E-state index in [-0.39, 0.29) is 5.91 Å². The van der Waals surface area contributed by atoms with Crippen molar-refractivity contribution in [2.45, 2.75) is 18.8 Å². The first-order chi connectivity index (χ1) is 7.70. The van der Waals surface area contributed by atoms with Crippen LogP contribution in [0.3, 0.4) is 0 Å². The number of pyridine rings is 1. The van der Waals surface area contributed by atoms with E-state index in [0.29, 0.717) is 12.3 Å². The summed E-state index contributed by atoms with van der Waals surface area (Å²) in [5.41, 5.74) is 2.04. The second kappa shape index (κ2) is 4.47. The Labute approximate surface area is 95.8 Å². The van der Waals surface area contributed by atoms with Crippen molar-refractivity contribution < 1.29 is 4.79 Å². The molecule has 1 aromatic heterocycles. The minimum absolute atomic E-state index is 0.226. The lowest BCUT2D eigenvalue weighted by atomic mass is 9.90. The molecule has 0 spiro atoms. The van der Waals surface area contributed by atoms with Crippen molar-refractivity contribution in [1.82, 2.24) is 9.88 Å². The molecular formula is C13H16N2O. The number of aromatic nitrogens is 1. The van der Waals surface area contributed by atoms with Crippen LogP contribution in [-0.2, 0) is 4.79 Å². The molecule has 3 heteroatoms. The zero-order chi connectivity index (χ0) is 11.5. The standard InChI is InChI=1S/C13H16N2O/c1-3-12-5-4-11(9-14-12)10-6-7-15(2)13(16)8-10/h3-5,9-10H,1,6-8H2,2H3/t10-/m1/s1. The zero-order valence-corrected chi connectivity index (χ0v) is 9.52. The highest BCUT2D eigenvalue weighted by Crippen LogP contribution is 2.27. The predicted molar refractivity (Wildman–Crippen MR) is 63.9 cm³/mol. The fraction of sp³-hybridized carbons (Fsp3) is 0.385. The molecule has 1 aromatic rings. The third-order valence-corrected chi connectivity index (χ3v) is 3.15. The van der Waals surface area contributed by atoms with Crippen molar-refractivity contribution >= 4 is 12.0 Å². The van der Waals surface area contributed by atoms with Crippen LogP contribution in [0.2, 0.25) is 0 Å². The van der Waals surface area contributed by atoms with Crippen molar-refractivity contribution in [3.8, 4) is 0 Å². The van der Waals surface area contributed by atoms with E-state index in [1.165, 1.54) is 0 Å². The fourth-order valence-corrected chi connectivity index (χ4v) is 2.01. The third kappa shape index (κ3) is 2.13. The maximum atomic E-state index is 11.6. The molecule has 0 bridgehead atoms. The number of rotatable bonds is 2. The Kier molecular flexibility index (Phi) is 3.04. The number of carbonyl (C=O) groups is 1. The normalized spacial score (nSPS) is 20.9. The second-order valence-electron chi connectivity index (χ2n) is 4.23. The number of likely N-dealkylation sites (tertiary alicyclic amines) is 1. The Hall–Kier alpha value is -1.64. The molecule has 0 aliphatic carbocycles. The molecule has 0 radical (unpaired) electrons. The lowest BCUT2D eigenvalue weighted by molar-refractivity contribution is -0.132. The molecule has 1 amide bonds. The molecular weight excluding hydrogens is 200 g/mol. The highest BCUT2D eigenvalue weighted by Gasteiger charge is 2.24. The Morgan fingerprint density at radius 2 is 2.38 bits per heavy atom. The van der Waals surface area contributed by atoms with E-state index < -0.39 is 0 Å². The largest absolute Gasteiger partial charge is 0.346 e. The molecule has 1 saturated heterocycles. The molecule has 1 fully saturated rings. The quantitative estimate of drug-likeness (QED) is 0.758. The Balaban J connectivity index is 2.12. The van der Waals surface area contributed by atoms with Crippen molar-refractivity contribution in [1.29, 1.82) is 0 Å². The van der Waals surface area contributed by atoms with Crippen LogP contribution in [0.25, 0.3) is 6.08 Å². The van der Waals surface area contributed by atoms with Gasteiger partial charge in [0.2, 0.25) is 5.91 Å². The molecule has 1 aliphatic rings. The number of hydrogen-bond acceptors (Lipinski definition) is 2. The molecule has 16 heavy (non-hydrogen) atoms. The van der Waals surface area contributed by atoms with Crippen molar-refractivity contribution in [3.63, 3.8) is 0 Å². The van der Waals surface area contributed by atoms with Crippen LogP contribution < -0.4 is 0 Å². The van der Waals surface area contributed by atoms with Gasteiger partial charge in [0.15, 0.2) is 0 Å². The predicted octanol–water partition coefficient (Wildman–Crippen LogP) is 2.06. The van der Waals surface area contributed by atoms with E-state index in [2.05, 4.69) is 11.6 Å². The average Bonchev–Trinajstić information content (AvgIpc) is 2.33. The van der Waals surface area contributed by atoms with Crippen LogP contribution in [-0.4, -0.2) is 29.4 Å². The second-order valence-corrected chi connectivity index (χ2v) is 4.23. The van der Waals surface area contributed by atoms with Gasteiger partial charge in [-0.1, -0.05) is 12.6 Å². The van der Waals surface area contributed by atoms with E-state index in [1.54, 1.807) is 11.0 Å². The van der Waals surface area contributed by atoms with Gasteiger partial charge in [-0.25, -0.2) is 0 Å². The molecule has 3 nitrogen and oxygen atoms in total. The van der Waals surface area contributed by atoms with Crippen LogP contribution in [0.5, 0.6) is 0 Å². The SMILES string of the molecule is C=Cc1ccc([C@@H]2CCN(C)C(=O)C2)cn1. The monoisotopic (exact) mass is 216 g/mol. The summed E-state index contributed by atoms with van der Waals surface area (Å²) in [4.78, 5) is 17.7. The summed E-state index contributed by atoms with van der Waals surface area (Å²) < 4.78 is 0. The van der Waals surface area contributed by atoms with Crippen LogP contribution in [0.15, 0.2) is 24.9 Å². The van der Waals surface area contributed by atoms with Crippen LogP contribution in [0.1, 0.15) is 30.0 Å². The van der Waals surface area contributed by atoms with E-state index in [1.807, 2.05) is 25.4 Å². The minimum Gasteiger partial charge on any atom is -0.346 e. The summed E-state index contributed by atoms with van der Waals surface area (Å²) in [6.07, 6.45) is 5.22. The van der Waals surface area contributed by atoms with E-state index in [4.69, 9.17) is 0 Å².